The van der Waals surface area contributed by atoms with Crippen LogP contribution in [0.2, 0.25) is 0 Å². The maximum atomic E-state index is 12.5. The zero-order valence-corrected chi connectivity index (χ0v) is 15.4. The Morgan fingerprint density at radius 1 is 1.17 bits per heavy atom. The summed E-state index contributed by atoms with van der Waals surface area (Å²) in [6.07, 6.45) is 7.39. The van der Waals surface area contributed by atoms with Crippen LogP contribution >= 0.6 is 0 Å². The average Bonchev–Trinajstić information content (AvgIpc) is 2.60. The number of rotatable bonds is 7. The number of carbonyl (C=O) groups excluding carboxylic acids is 1. The smallest absolute Gasteiger partial charge is 0.251 e. The minimum atomic E-state index is -3.48. The van der Waals surface area contributed by atoms with Crippen molar-refractivity contribution in [1.82, 2.24) is 9.62 Å². The Labute approximate surface area is 145 Å². The quantitative estimate of drug-likeness (QED) is 0.819. The van der Waals surface area contributed by atoms with Crippen molar-refractivity contribution in [2.45, 2.75) is 62.8 Å². The zero-order valence-electron chi connectivity index (χ0n) is 14.6. The highest BCUT2D eigenvalue weighted by Crippen LogP contribution is 2.19. The SMILES string of the molecule is CCCCN(C)S(=O)(=O)c1ccc(C(=O)NC2CCCCC2)cc1. The van der Waals surface area contributed by atoms with Crippen LogP contribution in [0.15, 0.2) is 29.2 Å². The first-order valence-corrected chi connectivity index (χ1v) is 10.3. The van der Waals surface area contributed by atoms with Gasteiger partial charge < -0.3 is 5.32 Å². The van der Waals surface area contributed by atoms with Crippen molar-refractivity contribution < 1.29 is 13.2 Å². The van der Waals surface area contributed by atoms with Crippen LogP contribution in [0.1, 0.15) is 62.2 Å². The van der Waals surface area contributed by atoms with E-state index in [-0.39, 0.29) is 16.8 Å². The van der Waals surface area contributed by atoms with Crippen LogP contribution in [0, 0.1) is 0 Å². The summed E-state index contributed by atoms with van der Waals surface area (Å²) in [6.45, 7) is 2.53. The molecule has 24 heavy (non-hydrogen) atoms. The van der Waals surface area contributed by atoms with Gasteiger partial charge in [0.1, 0.15) is 0 Å². The van der Waals surface area contributed by atoms with E-state index in [1.165, 1.54) is 22.9 Å². The van der Waals surface area contributed by atoms with Crippen LogP contribution < -0.4 is 5.32 Å². The lowest BCUT2D eigenvalue weighted by Gasteiger charge is -2.22. The third-order valence-electron chi connectivity index (χ3n) is 4.59. The third-order valence-corrected chi connectivity index (χ3v) is 6.46. The van der Waals surface area contributed by atoms with Crippen molar-refractivity contribution in [3.63, 3.8) is 0 Å². The Balaban J connectivity index is 2.02. The molecular formula is C18H28N2O3S. The molecule has 1 N–H and O–H groups in total. The second-order valence-corrected chi connectivity index (χ2v) is 8.56. The van der Waals surface area contributed by atoms with Gasteiger partial charge in [-0.1, -0.05) is 32.6 Å². The van der Waals surface area contributed by atoms with Gasteiger partial charge in [-0.2, -0.15) is 0 Å². The molecule has 0 unspecified atom stereocenters. The number of amides is 1. The largest absolute Gasteiger partial charge is 0.349 e. The molecule has 0 radical (unpaired) electrons. The topological polar surface area (TPSA) is 66.5 Å². The predicted molar refractivity (Wildman–Crippen MR) is 95.5 cm³/mol. The van der Waals surface area contributed by atoms with Crippen LogP contribution in [0.5, 0.6) is 0 Å². The molecule has 0 bridgehead atoms. The minimum Gasteiger partial charge on any atom is -0.349 e. The molecule has 2 rings (SSSR count). The summed E-state index contributed by atoms with van der Waals surface area (Å²) >= 11 is 0. The summed E-state index contributed by atoms with van der Waals surface area (Å²) in [5.41, 5.74) is 0.510. The van der Waals surface area contributed by atoms with E-state index in [0.717, 1.165) is 38.5 Å². The molecule has 1 aliphatic carbocycles. The molecule has 1 amide bonds. The number of nitrogens with zero attached hydrogens (tertiary/aromatic N) is 1. The number of sulfonamides is 1. The van der Waals surface area contributed by atoms with E-state index in [1.54, 1.807) is 19.2 Å². The van der Waals surface area contributed by atoms with E-state index in [2.05, 4.69) is 5.32 Å². The molecule has 6 heteroatoms. The number of carbonyl (C=O) groups is 1. The lowest BCUT2D eigenvalue weighted by Crippen LogP contribution is -2.36. The Morgan fingerprint density at radius 2 is 1.79 bits per heavy atom. The van der Waals surface area contributed by atoms with Gasteiger partial charge in [0.2, 0.25) is 10.0 Å². The van der Waals surface area contributed by atoms with Gasteiger partial charge in [-0.05, 0) is 43.5 Å². The van der Waals surface area contributed by atoms with Crippen molar-refractivity contribution in [2.75, 3.05) is 13.6 Å². The maximum absolute atomic E-state index is 12.5. The summed E-state index contributed by atoms with van der Waals surface area (Å²) in [5, 5.41) is 3.05. The highest BCUT2D eigenvalue weighted by Gasteiger charge is 2.21. The number of hydrogen-bond donors (Lipinski definition) is 1. The van der Waals surface area contributed by atoms with Crippen LogP contribution in [0.25, 0.3) is 0 Å². The standard InChI is InChI=1S/C18H28N2O3S/c1-3-4-14-20(2)24(22,23)17-12-10-15(11-13-17)18(21)19-16-8-6-5-7-9-16/h10-13,16H,3-9,14H2,1-2H3,(H,19,21). The van der Waals surface area contributed by atoms with Crippen molar-refractivity contribution in [3.05, 3.63) is 29.8 Å². The average molecular weight is 353 g/mol. The van der Waals surface area contributed by atoms with Crippen LogP contribution in [-0.4, -0.2) is 38.3 Å². The molecule has 0 saturated heterocycles. The van der Waals surface area contributed by atoms with Crippen molar-refractivity contribution in [1.29, 1.82) is 0 Å². The fourth-order valence-corrected chi connectivity index (χ4v) is 4.18. The molecule has 0 atom stereocenters. The fraction of sp³-hybridized carbons (Fsp3) is 0.611. The molecule has 0 aromatic heterocycles. The van der Waals surface area contributed by atoms with E-state index >= 15 is 0 Å². The first-order chi connectivity index (χ1) is 11.4. The molecule has 0 spiro atoms. The van der Waals surface area contributed by atoms with Crippen molar-refractivity contribution in [2.24, 2.45) is 0 Å². The van der Waals surface area contributed by atoms with Gasteiger partial charge >= 0.3 is 0 Å². The predicted octanol–water partition coefficient (Wildman–Crippen LogP) is 3.17. The molecule has 134 valence electrons. The summed E-state index contributed by atoms with van der Waals surface area (Å²) in [5.74, 6) is -0.120. The molecule has 1 saturated carbocycles. The zero-order chi connectivity index (χ0) is 17.6. The number of hydrogen-bond acceptors (Lipinski definition) is 3. The van der Waals surface area contributed by atoms with Crippen LogP contribution in [0.3, 0.4) is 0 Å². The van der Waals surface area contributed by atoms with Gasteiger partial charge in [-0.3, -0.25) is 4.79 Å². The van der Waals surface area contributed by atoms with Gasteiger partial charge in [-0.15, -0.1) is 0 Å². The van der Waals surface area contributed by atoms with Gasteiger partial charge in [-0.25, -0.2) is 12.7 Å². The Kier molecular flexibility index (Phi) is 6.80. The van der Waals surface area contributed by atoms with Gasteiger partial charge in [0.25, 0.3) is 5.91 Å². The minimum absolute atomic E-state index is 0.120. The molecular weight excluding hydrogens is 324 g/mol. The second-order valence-electron chi connectivity index (χ2n) is 6.51. The second kappa shape index (κ2) is 8.62. The van der Waals surface area contributed by atoms with Gasteiger partial charge in [0.15, 0.2) is 0 Å². The molecule has 5 nitrogen and oxygen atoms in total. The van der Waals surface area contributed by atoms with Gasteiger partial charge in [0.05, 0.1) is 4.90 Å². The summed E-state index contributed by atoms with van der Waals surface area (Å²) in [6, 6.07) is 6.48. The summed E-state index contributed by atoms with van der Waals surface area (Å²) in [4.78, 5) is 12.5. The van der Waals surface area contributed by atoms with Crippen molar-refractivity contribution in [3.8, 4) is 0 Å². The Hall–Kier alpha value is -1.40. The lowest BCUT2D eigenvalue weighted by atomic mass is 9.95. The normalized spacial score (nSPS) is 16.3. The van der Waals surface area contributed by atoms with E-state index in [9.17, 15) is 13.2 Å². The molecule has 1 aromatic rings. The van der Waals surface area contributed by atoms with Gasteiger partial charge in [0, 0.05) is 25.2 Å². The molecule has 1 aliphatic rings. The van der Waals surface area contributed by atoms with E-state index in [4.69, 9.17) is 0 Å². The summed E-state index contributed by atoms with van der Waals surface area (Å²) < 4.78 is 26.3. The maximum Gasteiger partial charge on any atom is 0.251 e. The van der Waals surface area contributed by atoms with Crippen molar-refractivity contribution >= 4 is 15.9 Å². The first kappa shape index (κ1) is 18.9. The fourth-order valence-electron chi connectivity index (χ4n) is 2.97. The number of unbranched alkanes of at least 4 members (excludes halogenated alkanes) is 1. The van der Waals surface area contributed by atoms with Crippen LogP contribution in [0.4, 0.5) is 0 Å². The Bertz CT molecular complexity index is 635. The van der Waals surface area contributed by atoms with Crippen LogP contribution in [-0.2, 0) is 10.0 Å². The molecule has 0 heterocycles. The van der Waals surface area contributed by atoms with E-state index < -0.39 is 10.0 Å². The lowest BCUT2D eigenvalue weighted by molar-refractivity contribution is 0.0927. The van der Waals surface area contributed by atoms with E-state index in [0.29, 0.717) is 12.1 Å². The van der Waals surface area contributed by atoms with E-state index in [1.807, 2.05) is 6.92 Å². The highest BCUT2D eigenvalue weighted by atomic mass is 32.2. The summed E-state index contributed by atoms with van der Waals surface area (Å²) in [7, 11) is -1.89. The monoisotopic (exact) mass is 352 g/mol. The first-order valence-electron chi connectivity index (χ1n) is 8.82. The molecule has 1 aromatic carbocycles. The molecule has 0 aliphatic heterocycles. The number of nitrogens with one attached hydrogen (secondary N) is 1. The number of benzene rings is 1. The Morgan fingerprint density at radius 3 is 2.38 bits per heavy atom. The molecule has 1 fully saturated rings. The third kappa shape index (κ3) is 4.80. The highest BCUT2D eigenvalue weighted by molar-refractivity contribution is 7.89.